The zero-order chi connectivity index (χ0) is 12.4. The van der Waals surface area contributed by atoms with Crippen LogP contribution in [0, 0.1) is 0 Å². The van der Waals surface area contributed by atoms with E-state index in [1.54, 1.807) is 18.2 Å². The molecule has 90 valence electrons. The molecule has 0 atom stereocenters. The first-order valence-corrected chi connectivity index (χ1v) is 5.90. The molecule has 4 nitrogen and oxygen atoms in total. The summed E-state index contributed by atoms with van der Waals surface area (Å²) in [5.41, 5.74) is 0.518. The third-order valence-electron chi connectivity index (χ3n) is 2.49. The third-order valence-corrected chi connectivity index (χ3v) is 3.23. The van der Waals surface area contributed by atoms with Crippen LogP contribution in [0.15, 0.2) is 18.2 Å². The quantitative estimate of drug-likeness (QED) is 0.854. The first kappa shape index (κ1) is 12.2. The summed E-state index contributed by atoms with van der Waals surface area (Å²) in [4.78, 5) is 24.3. The summed E-state index contributed by atoms with van der Waals surface area (Å²) < 4.78 is 0. The number of hydrogen-bond acceptors (Lipinski definition) is 2. The Hall–Kier alpha value is -1.26. The van der Waals surface area contributed by atoms with Crippen molar-refractivity contribution in [3.8, 4) is 0 Å². The zero-order valence-corrected chi connectivity index (χ0v) is 10.4. The summed E-state index contributed by atoms with van der Waals surface area (Å²) in [7, 11) is 0. The van der Waals surface area contributed by atoms with E-state index in [-0.39, 0.29) is 5.91 Å². The summed E-state index contributed by atoms with van der Waals surface area (Å²) in [6, 6.07) is 4.34. The summed E-state index contributed by atoms with van der Waals surface area (Å²) >= 11 is 11.6. The van der Waals surface area contributed by atoms with Crippen molar-refractivity contribution in [2.24, 2.45) is 0 Å². The maximum atomic E-state index is 11.7. The smallest absolute Gasteiger partial charge is 0.307 e. The number of rotatable bonds is 1. The molecule has 17 heavy (non-hydrogen) atoms. The molecule has 2 rings (SSSR count). The molecule has 0 saturated carbocycles. The van der Waals surface area contributed by atoms with Crippen LogP contribution in [0.3, 0.4) is 0 Å². The van der Waals surface area contributed by atoms with E-state index in [1.165, 1.54) is 4.90 Å². The van der Waals surface area contributed by atoms with E-state index in [4.69, 9.17) is 23.2 Å². The van der Waals surface area contributed by atoms with Crippen molar-refractivity contribution in [2.45, 2.75) is 12.8 Å². The number of hydrogen-bond donors (Lipinski definition) is 1. The highest BCUT2D eigenvalue weighted by Gasteiger charge is 2.26. The molecule has 1 heterocycles. The molecule has 1 saturated heterocycles. The van der Waals surface area contributed by atoms with Gasteiger partial charge in [-0.3, -0.25) is 9.69 Å². The number of amides is 3. The molecule has 0 aromatic heterocycles. The molecule has 1 N–H and O–H groups in total. The molecule has 0 unspecified atom stereocenters. The predicted octanol–water partition coefficient (Wildman–Crippen LogP) is 3.15. The summed E-state index contributed by atoms with van der Waals surface area (Å²) in [5.74, 6) is -0.150. The maximum Gasteiger partial charge on any atom is 0.328 e. The minimum absolute atomic E-state index is 0.150. The van der Waals surface area contributed by atoms with Gasteiger partial charge in [-0.15, -0.1) is 0 Å². The molecule has 1 aliphatic heterocycles. The molecule has 1 fully saturated rings. The van der Waals surface area contributed by atoms with Crippen LogP contribution < -0.4 is 5.32 Å². The van der Waals surface area contributed by atoms with Crippen LogP contribution in [-0.2, 0) is 4.79 Å². The van der Waals surface area contributed by atoms with E-state index in [1.807, 2.05) is 0 Å². The van der Waals surface area contributed by atoms with Crippen LogP contribution in [0.5, 0.6) is 0 Å². The third kappa shape index (κ3) is 2.70. The Morgan fingerprint density at radius 3 is 2.65 bits per heavy atom. The van der Waals surface area contributed by atoms with Gasteiger partial charge in [0.05, 0.1) is 10.0 Å². The lowest BCUT2D eigenvalue weighted by molar-refractivity contribution is -0.125. The Balaban J connectivity index is 2.07. The van der Waals surface area contributed by atoms with Gasteiger partial charge in [-0.2, -0.15) is 0 Å². The van der Waals surface area contributed by atoms with Crippen molar-refractivity contribution < 1.29 is 9.59 Å². The van der Waals surface area contributed by atoms with Crippen molar-refractivity contribution in [1.29, 1.82) is 0 Å². The number of imide groups is 1. The minimum Gasteiger partial charge on any atom is -0.307 e. The largest absolute Gasteiger partial charge is 0.328 e. The molecule has 1 aliphatic rings. The van der Waals surface area contributed by atoms with Crippen LogP contribution >= 0.6 is 23.2 Å². The number of carbonyl (C=O) groups is 2. The lowest BCUT2D eigenvalue weighted by Crippen LogP contribution is -2.35. The van der Waals surface area contributed by atoms with Gasteiger partial charge in [-0.1, -0.05) is 23.2 Å². The number of nitrogens with zero attached hydrogens (tertiary/aromatic N) is 1. The van der Waals surface area contributed by atoms with Crippen molar-refractivity contribution in [3.63, 3.8) is 0 Å². The normalized spacial score (nSPS) is 15.2. The van der Waals surface area contributed by atoms with Crippen LogP contribution in [0.4, 0.5) is 10.5 Å². The van der Waals surface area contributed by atoms with Crippen LogP contribution in [0.25, 0.3) is 0 Å². The van der Waals surface area contributed by atoms with Gasteiger partial charge in [0.1, 0.15) is 0 Å². The second-order valence-corrected chi connectivity index (χ2v) is 4.52. The highest BCUT2D eigenvalue weighted by molar-refractivity contribution is 6.42. The number of likely N-dealkylation sites (tertiary alicyclic amines) is 1. The molecular formula is C11H10Cl2N2O2. The Morgan fingerprint density at radius 2 is 2.06 bits per heavy atom. The maximum absolute atomic E-state index is 11.7. The van der Waals surface area contributed by atoms with Crippen molar-refractivity contribution >= 4 is 40.8 Å². The Bertz CT molecular complexity index is 477. The van der Waals surface area contributed by atoms with Crippen molar-refractivity contribution in [2.75, 3.05) is 11.9 Å². The van der Waals surface area contributed by atoms with Crippen LogP contribution in [0.1, 0.15) is 12.8 Å². The van der Waals surface area contributed by atoms with Crippen molar-refractivity contribution in [3.05, 3.63) is 28.2 Å². The summed E-state index contributed by atoms with van der Waals surface area (Å²) in [5, 5.41) is 3.38. The molecule has 0 aliphatic carbocycles. The lowest BCUT2D eigenvalue weighted by atomic mass is 10.3. The Kier molecular flexibility index (Phi) is 3.54. The monoisotopic (exact) mass is 272 g/mol. The molecule has 1 aromatic rings. The van der Waals surface area contributed by atoms with Gasteiger partial charge < -0.3 is 5.32 Å². The Labute approximate surface area is 108 Å². The van der Waals surface area contributed by atoms with E-state index in [0.29, 0.717) is 35.1 Å². The summed E-state index contributed by atoms with van der Waals surface area (Å²) in [6.07, 6.45) is 1.14. The number of nitrogens with one attached hydrogen (secondary N) is 1. The summed E-state index contributed by atoms with van der Waals surface area (Å²) in [6.45, 7) is 0.464. The van der Waals surface area contributed by atoms with Gasteiger partial charge in [0.2, 0.25) is 5.91 Å². The SMILES string of the molecule is O=C1CCCN1C(=O)Nc1ccc(Cl)c(Cl)c1. The molecular weight excluding hydrogens is 263 g/mol. The fourth-order valence-corrected chi connectivity index (χ4v) is 1.93. The molecule has 6 heteroatoms. The van der Waals surface area contributed by atoms with E-state index < -0.39 is 6.03 Å². The zero-order valence-electron chi connectivity index (χ0n) is 8.87. The standard InChI is InChI=1S/C11H10Cl2N2O2/c12-8-4-3-7(6-9(8)13)14-11(17)15-5-1-2-10(15)16/h3-4,6H,1-2,5H2,(H,14,17). The van der Waals surface area contributed by atoms with Crippen molar-refractivity contribution in [1.82, 2.24) is 4.90 Å². The number of benzene rings is 1. The minimum atomic E-state index is -0.425. The second-order valence-electron chi connectivity index (χ2n) is 3.71. The van der Waals surface area contributed by atoms with Crippen LogP contribution in [0.2, 0.25) is 10.0 Å². The first-order valence-electron chi connectivity index (χ1n) is 5.14. The lowest BCUT2D eigenvalue weighted by Gasteiger charge is -2.14. The average molecular weight is 273 g/mol. The molecule has 1 aromatic carbocycles. The molecule has 0 radical (unpaired) electrons. The van der Waals surface area contributed by atoms with Gasteiger partial charge in [-0.25, -0.2) is 4.79 Å². The Morgan fingerprint density at radius 1 is 1.29 bits per heavy atom. The highest BCUT2D eigenvalue weighted by atomic mass is 35.5. The van der Waals surface area contributed by atoms with E-state index in [9.17, 15) is 9.59 Å². The topological polar surface area (TPSA) is 49.4 Å². The van der Waals surface area contributed by atoms with Gasteiger partial charge in [0, 0.05) is 18.7 Å². The van der Waals surface area contributed by atoms with Gasteiger partial charge in [-0.05, 0) is 24.6 Å². The first-order chi connectivity index (χ1) is 8.08. The fourth-order valence-electron chi connectivity index (χ4n) is 1.63. The van der Waals surface area contributed by atoms with Crippen LogP contribution in [-0.4, -0.2) is 23.4 Å². The number of anilines is 1. The molecule has 3 amide bonds. The number of halogens is 2. The second kappa shape index (κ2) is 4.94. The predicted molar refractivity (Wildman–Crippen MR) is 66.4 cm³/mol. The van der Waals surface area contributed by atoms with Gasteiger partial charge >= 0.3 is 6.03 Å². The van der Waals surface area contributed by atoms with E-state index in [0.717, 1.165) is 0 Å². The van der Waals surface area contributed by atoms with Gasteiger partial charge in [0.25, 0.3) is 0 Å². The fraction of sp³-hybridized carbons (Fsp3) is 0.273. The highest BCUT2D eigenvalue weighted by Crippen LogP contribution is 2.25. The molecule has 0 spiro atoms. The van der Waals surface area contributed by atoms with E-state index in [2.05, 4.69) is 5.32 Å². The number of carbonyl (C=O) groups excluding carboxylic acids is 2. The van der Waals surface area contributed by atoms with E-state index >= 15 is 0 Å². The molecule has 0 bridgehead atoms. The van der Waals surface area contributed by atoms with Gasteiger partial charge in [0.15, 0.2) is 0 Å². The average Bonchev–Trinajstić information content (AvgIpc) is 2.70. The number of urea groups is 1.